The lowest BCUT2D eigenvalue weighted by atomic mass is 10.0. The number of aryl methyl sites for hydroxylation is 2. The van der Waals surface area contributed by atoms with Crippen molar-refractivity contribution in [1.82, 2.24) is 10.2 Å². The van der Waals surface area contributed by atoms with Gasteiger partial charge in [0, 0.05) is 35.7 Å². The number of nitrogens with one attached hydrogen (secondary N) is 1. The SMILES string of the molecule is COc1ccc(Cl)cc1N(CC(=O)N(Cc1ccccc1C)[C@H](Cc1ccccc1)C(=O)NC1CCCC1)S(=O)(=O)c1ccc(C)c([N+](=O)[O-])c1. The lowest BCUT2D eigenvalue weighted by molar-refractivity contribution is -0.385. The standard InChI is InChI=1S/C38H41ClN4O7S/c1-26-11-7-8-14-29(26)24-41(35(21-28-12-5-4-6-13-28)38(45)40-31-15-9-10-16-31)37(44)25-42(34-22-30(39)18-20-36(34)50-3)51(48,49)32-19-17-27(2)33(23-32)43(46)47/h4-8,11-14,17-20,22-23,31,35H,9-10,15-16,21,24-25H2,1-3H3,(H,40,45)/t35-/m1/s1. The van der Waals surface area contributed by atoms with E-state index in [4.69, 9.17) is 16.3 Å². The molecule has 51 heavy (non-hydrogen) atoms. The molecule has 0 heterocycles. The summed E-state index contributed by atoms with van der Waals surface area (Å²) in [5.74, 6) is -0.910. The number of carbonyl (C=O) groups is 2. The first-order valence-electron chi connectivity index (χ1n) is 16.7. The fraction of sp³-hybridized carbons (Fsp3) is 0.316. The molecule has 2 amide bonds. The molecule has 1 aliphatic carbocycles. The average Bonchev–Trinajstić information content (AvgIpc) is 3.62. The molecule has 1 atom stereocenters. The summed E-state index contributed by atoms with van der Waals surface area (Å²) in [6.07, 6.45) is 3.82. The van der Waals surface area contributed by atoms with Crippen LogP contribution in [0.15, 0.2) is 95.9 Å². The number of ether oxygens (including phenoxy) is 1. The van der Waals surface area contributed by atoms with Crippen LogP contribution in [0.1, 0.15) is 47.9 Å². The number of rotatable bonds is 14. The number of nitrogens with zero attached hydrogens (tertiary/aromatic N) is 3. The van der Waals surface area contributed by atoms with Gasteiger partial charge in [0.15, 0.2) is 0 Å². The molecular weight excluding hydrogens is 692 g/mol. The molecule has 4 aromatic rings. The molecule has 0 unspecified atom stereocenters. The van der Waals surface area contributed by atoms with Crippen LogP contribution in [0, 0.1) is 24.0 Å². The second kappa shape index (κ2) is 16.4. The summed E-state index contributed by atoms with van der Waals surface area (Å²) in [4.78, 5) is 41.3. The summed E-state index contributed by atoms with van der Waals surface area (Å²) < 4.78 is 35.5. The summed E-state index contributed by atoms with van der Waals surface area (Å²) in [6.45, 7) is 2.65. The Bertz CT molecular complexity index is 2000. The Morgan fingerprint density at radius 2 is 1.65 bits per heavy atom. The molecule has 0 aromatic heterocycles. The molecule has 4 aromatic carbocycles. The zero-order valence-electron chi connectivity index (χ0n) is 28.8. The summed E-state index contributed by atoms with van der Waals surface area (Å²) in [7, 11) is -3.32. The van der Waals surface area contributed by atoms with Gasteiger partial charge in [0.05, 0.1) is 22.6 Å². The smallest absolute Gasteiger partial charge is 0.273 e. The number of hydrogen-bond acceptors (Lipinski definition) is 7. The Morgan fingerprint density at radius 1 is 0.961 bits per heavy atom. The molecule has 0 spiro atoms. The molecule has 1 N–H and O–H groups in total. The Morgan fingerprint density at radius 3 is 2.31 bits per heavy atom. The van der Waals surface area contributed by atoms with E-state index in [9.17, 15) is 28.1 Å². The zero-order chi connectivity index (χ0) is 36.7. The van der Waals surface area contributed by atoms with Crippen LogP contribution in [0.4, 0.5) is 11.4 Å². The molecule has 1 fully saturated rings. The van der Waals surface area contributed by atoms with Gasteiger partial charge in [-0.2, -0.15) is 0 Å². The van der Waals surface area contributed by atoms with E-state index in [1.54, 1.807) is 0 Å². The number of carbonyl (C=O) groups excluding carboxylic acids is 2. The summed E-state index contributed by atoms with van der Waals surface area (Å²) in [5, 5.41) is 15.2. The van der Waals surface area contributed by atoms with E-state index in [1.165, 1.54) is 49.3 Å². The molecule has 1 aliphatic rings. The Hall–Kier alpha value is -4.94. The predicted octanol–water partition coefficient (Wildman–Crippen LogP) is 6.77. The molecule has 13 heteroatoms. The first-order valence-corrected chi connectivity index (χ1v) is 18.5. The van der Waals surface area contributed by atoms with Gasteiger partial charge in [0.2, 0.25) is 11.8 Å². The van der Waals surface area contributed by atoms with Crippen molar-refractivity contribution in [1.29, 1.82) is 0 Å². The second-order valence-corrected chi connectivity index (χ2v) is 15.0. The van der Waals surface area contributed by atoms with Crippen LogP contribution in [-0.2, 0) is 32.6 Å². The Labute approximate surface area is 303 Å². The molecule has 5 rings (SSSR count). The number of sulfonamides is 1. The molecule has 11 nitrogen and oxygen atoms in total. The van der Waals surface area contributed by atoms with Gasteiger partial charge in [0.1, 0.15) is 18.3 Å². The predicted molar refractivity (Wildman–Crippen MR) is 196 cm³/mol. The second-order valence-electron chi connectivity index (χ2n) is 12.7. The molecule has 0 radical (unpaired) electrons. The van der Waals surface area contributed by atoms with Gasteiger partial charge in [-0.15, -0.1) is 0 Å². The van der Waals surface area contributed by atoms with Crippen molar-refractivity contribution in [2.45, 2.75) is 69.5 Å². The van der Waals surface area contributed by atoms with Crippen molar-refractivity contribution in [2.75, 3.05) is 18.0 Å². The third-order valence-corrected chi connectivity index (χ3v) is 11.2. The van der Waals surface area contributed by atoms with Crippen molar-refractivity contribution in [3.8, 4) is 5.75 Å². The topological polar surface area (TPSA) is 139 Å². The van der Waals surface area contributed by atoms with Gasteiger partial charge in [-0.1, -0.05) is 85.1 Å². The highest BCUT2D eigenvalue weighted by molar-refractivity contribution is 7.92. The molecule has 268 valence electrons. The maximum atomic E-state index is 14.9. The molecule has 0 aliphatic heterocycles. The summed E-state index contributed by atoms with van der Waals surface area (Å²) in [6, 6.07) is 23.7. The number of anilines is 1. The highest BCUT2D eigenvalue weighted by Crippen LogP contribution is 2.36. The molecule has 0 saturated heterocycles. The highest BCUT2D eigenvalue weighted by atomic mass is 35.5. The average molecular weight is 733 g/mol. The van der Waals surface area contributed by atoms with Crippen molar-refractivity contribution >= 4 is 44.8 Å². The van der Waals surface area contributed by atoms with Crippen LogP contribution < -0.4 is 14.4 Å². The van der Waals surface area contributed by atoms with E-state index < -0.39 is 44.0 Å². The number of benzene rings is 4. The van der Waals surface area contributed by atoms with Crippen LogP contribution in [-0.4, -0.2) is 55.8 Å². The van der Waals surface area contributed by atoms with Crippen LogP contribution in [0.25, 0.3) is 0 Å². The number of nitro benzene ring substituents is 1. The minimum Gasteiger partial charge on any atom is -0.495 e. The number of amides is 2. The quantitative estimate of drug-likeness (QED) is 0.112. The van der Waals surface area contributed by atoms with E-state index in [0.29, 0.717) is 0 Å². The number of halogens is 1. The monoisotopic (exact) mass is 732 g/mol. The zero-order valence-corrected chi connectivity index (χ0v) is 30.3. The van der Waals surface area contributed by atoms with Crippen LogP contribution in [0.5, 0.6) is 5.75 Å². The number of nitro groups is 1. The maximum Gasteiger partial charge on any atom is 0.273 e. The highest BCUT2D eigenvalue weighted by Gasteiger charge is 2.37. The maximum absolute atomic E-state index is 14.9. The lowest BCUT2D eigenvalue weighted by Gasteiger charge is -2.35. The van der Waals surface area contributed by atoms with Gasteiger partial charge in [-0.25, -0.2) is 8.42 Å². The number of hydrogen-bond donors (Lipinski definition) is 1. The van der Waals surface area contributed by atoms with E-state index in [1.807, 2.05) is 61.5 Å². The third kappa shape index (κ3) is 8.87. The normalized spacial score (nSPS) is 13.7. The van der Waals surface area contributed by atoms with E-state index in [2.05, 4.69) is 5.32 Å². The number of methoxy groups -OCH3 is 1. The van der Waals surface area contributed by atoms with Crippen molar-refractivity contribution in [3.63, 3.8) is 0 Å². The van der Waals surface area contributed by atoms with Crippen LogP contribution in [0.2, 0.25) is 5.02 Å². The van der Waals surface area contributed by atoms with Crippen LogP contribution >= 0.6 is 11.6 Å². The molecule has 0 bridgehead atoms. The molecule has 1 saturated carbocycles. The van der Waals surface area contributed by atoms with Crippen molar-refractivity contribution in [3.05, 3.63) is 128 Å². The lowest BCUT2D eigenvalue weighted by Crippen LogP contribution is -2.54. The first-order chi connectivity index (χ1) is 24.4. The minimum absolute atomic E-state index is 0.0116. The summed E-state index contributed by atoms with van der Waals surface area (Å²) >= 11 is 6.37. The first kappa shape index (κ1) is 37.3. The van der Waals surface area contributed by atoms with Gasteiger partial charge in [0.25, 0.3) is 15.7 Å². The minimum atomic E-state index is -4.67. The van der Waals surface area contributed by atoms with Gasteiger partial charge >= 0.3 is 0 Å². The van der Waals surface area contributed by atoms with E-state index in [-0.39, 0.29) is 46.9 Å². The van der Waals surface area contributed by atoms with Crippen LogP contribution in [0.3, 0.4) is 0 Å². The van der Waals surface area contributed by atoms with Gasteiger partial charge in [-0.05, 0) is 67.6 Å². The van der Waals surface area contributed by atoms with E-state index >= 15 is 0 Å². The fourth-order valence-electron chi connectivity index (χ4n) is 6.34. The fourth-order valence-corrected chi connectivity index (χ4v) is 7.94. The largest absolute Gasteiger partial charge is 0.495 e. The third-order valence-electron chi connectivity index (χ3n) is 9.23. The summed E-state index contributed by atoms with van der Waals surface area (Å²) in [5.41, 5.74) is 2.31. The molecular formula is C38H41ClN4O7S. The van der Waals surface area contributed by atoms with Gasteiger partial charge in [-0.3, -0.25) is 24.0 Å². The Balaban J connectivity index is 1.64. The van der Waals surface area contributed by atoms with Crippen molar-refractivity contribution in [2.24, 2.45) is 0 Å². The van der Waals surface area contributed by atoms with Gasteiger partial charge < -0.3 is 15.0 Å². The van der Waals surface area contributed by atoms with E-state index in [0.717, 1.165) is 52.7 Å². The van der Waals surface area contributed by atoms with Crippen molar-refractivity contribution < 1.29 is 27.7 Å². The Kier molecular flexibility index (Phi) is 12.0.